The van der Waals surface area contributed by atoms with E-state index >= 15 is 4.39 Å². The van der Waals surface area contributed by atoms with Crippen molar-refractivity contribution in [1.82, 2.24) is 35.0 Å². The fourth-order valence-corrected chi connectivity index (χ4v) is 10.3. The van der Waals surface area contributed by atoms with E-state index in [9.17, 15) is 24.0 Å². The van der Waals surface area contributed by atoms with Gasteiger partial charge in [0.25, 0.3) is 17.4 Å². The SMILES string of the molecule is CNC(=O)COc1cc2cc(Nc3nc(N4CCC(O[C@H]5C[C@H](N6CC[C@H](c7ccc8c(c7F)CN(C7CCC(=O)NC7=O)C8=O)[C@H](OC)C6)C5)CC4)ncc3Cl)ccc2n(C(C)C)c1=O. The third-order valence-corrected chi connectivity index (χ3v) is 14.1. The number of imide groups is 1. The molecule has 6 heterocycles. The van der Waals surface area contributed by atoms with Gasteiger partial charge in [0, 0.05) is 80.4 Å². The fourth-order valence-electron chi connectivity index (χ4n) is 10.2. The molecule has 19 heteroatoms. The Morgan fingerprint density at radius 1 is 1.02 bits per heavy atom. The number of likely N-dealkylation sites (N-methyl/N-ethyl adjacent to an activating group) is 1. The maximum atomic E-state index is 16.3. The number of fused-ring (bicyclic) bond motifs is 2. The van der Waals surface area contributed by atoms with Crippen molar-refractivity contribution in [3.05, 3.63) is 80.5 Å². The highest BCUT2D eigenvalue weighted by Crippen LogP contribution is 2.40. The zero-order valence-corrected chi connectivity index (χ0v) is 38.2. The molecule has 4 fully saturated rings. The highest BCUT2D eigenvalue weighted by molar-refractivity contribution is 6.33. The van der Waals surface area contributed by atoms with Gasteiger partial charge in [-0.15, -0.1) is 0 Å². The Kier molecular flexibility index (Phi) is 13.0. The van der Waals surface area contributed by atoms with Crippen molar-refractivity contribution in [2.75, 3.05) is 57.2 Å². The standard InChI is InChI=1S/C47H55ClFN9O8/c1-25(2)58-36-8-5-27(17-26(36)18-38(46(58)63)65-24-41(60)50-3)52-43-35(48)21-51-47(54-43)55-14-11-29(12-15-55)66-30-19-28(20-30)56-16-13-31(39(23-56)64-4)32-6-7-33-34(42(32)49)22-57(45(33)62)37-9-10-40(59)53-44(37)61/h5-8,17-18,21,25,28-31,37,39H,9-16,19-20,22-24H2,1-4H3,(H,50,60)(H,51,52,54)(H,53,59,61)/t28-,30-,31-,37?,39-/m1/s1. The minimum absolute atomic E-state index is 0.00605. The summed E-state index contributed by atoms with van der Waals surface area (Å²) in [4.78, 5) is 77.9. The third-order valence-electron chi connectivity index (χ3n) is 13.8. The van der Waals surface area contributed by atoms with Crippen LogP contribution in [-0.4, -0.2) is 125 Å². The van der Waals surface area contributed by atoms with E-state index in [1.54, 1.807) is 36.1 Å². The first-order valence-electron chi connectivity index (χ1n) is 22.8. The molecule has 1 aliphatic carbocycles. The summed E-state index contributed by atoms with van der Waals surface area (Å²) >= 11 is 6.60. The van der Waals surface area contributed by atoms with Gasteiger partial charge in [0.05, 0.1) is 36.6 Å². The van der Waals surface area contributed by atoms with Crippen molar-refractivity contribution in [1.29, 1.82) is 0 Å². The second-order valence-corrected chi connectivity index (χ2v) is 18.5. The zero-order valence-electron chi connectivity index (χ0n) is 37.5. The number of rotatable bonds is 13. The van der Waals surface area contributed by atoms with Crippen molar-refractivity contribution < 1.29 is 37.8 Å². The highest BCUT2D eigenvalue weighted by Gasteiger charge is 2.44. The number of likely N-dealkylation sites (tertiary alicyclic amines) is 1. The van der Waals surface area contributed by atoms with E-state index < -0.39 is 23.7 Å². The van der Waals surface area contributed by atoms with Crippen molar-refractivity contribution >= 4 is 63.6 Å². The quantitative estimate of drug-likeness (QED) is 0.155. The molecule has 3 saturated heterocycles. The smallest absolute Gasteiger partial charge is 0.293 e. The Labute approximate surface area is 386 Å². The number of pyridine rings is 1. The molecule has 1 unspecified atom stereocenters. The number of nitrogens with one attached hydrogen (secondary N) is 3. The largest absolute Gasteiger partial charge is 0.478 e. The lowest BCUT2D eigenvalue weighted by atomic mass is 9.81. The summed E-state index contributed by atoms with van der Waals surface area (Å²) in [6.07, 6.45) is 6.15. The average molecular weight is 928 g/mol. The molecule has 4 aromatic rings. The Morgan fingerprint density at radius 2 is 1.80 bits per heavy atom. The van der Waals surface area contributed by atoms with Crippen LogP contribution in [0.15, 0.2) is 47.4 Å². The molecule has 4 aliphatic heterocycles. The summed E-state index contributed by atoms with van der Waals surface area (Å²) in [5.41, 5.74) is 2.20. The number of nitrogens with zero attached hydrogens (tertiary/aromatic N) is 6. The highest BCUT2D eigenvalue weighted by atomic mass is 35.5. The number of anilines is 3. The lowest BCUT2D eigenvalue weighted by molar-refractivity contribution is -0.137. The van der Waals surface area contributed by atoms with Crippen LogP contribution in [0.2, 0.25) is 5.02 Å². The maximum absolute atomic E-state index is 16.3. The van der Waals surface area contributed by atoms with E-state index in [-0.39, 0.29) is 85.0 Å². The molecule has 0 radical (unpaired) electrons. The van der Waals surface area contributed by atoms with Crippen molar-refractivity contribution in [3.63, 3.8) is 0 Å². The Hall–Kier alpha value is -5.69. The van der Waals surface area contributed by atoms with Gasteiger partial charge >= 0.3 is 0 Å². The van der Waals surface area contributed by atoms with E-state index in [0.29, 0.717) is 52.6 Å². The first-order chi connectivity index (χ1) is 31.8. The number of carbonyl (C=O) groups excluding carboxylic acids is 4. The van der Waals surface area contributed by atoms with E-state index in [0.717, 1.165) is 56.2 Å². The van der Waals surface area contributed by atoms with Crippen LogP contribution in [0, 0.1) is 5.82 Å². The minimum Gasteiger partial charge on any atom is -0.478 e. The number of hydrogen-bond acceptors (Lipinski definition) is 13. The van der Waals surface area contributed by atoms with Crippen LogP contribution < -0.4 is 31.1 Å². The van der Waals surface area contributed by atoms with E-state index in [4.69, 9.17) is 30.8 Å². The van der Waals surface area contributed by atoms with Gasteiger partial charge in [-0.2, -0.15) is 4.98 Å². The van der Waals surface area contributed by atoms with Crippen LogP contribution >= 0.6 is 11.6 Å². The molecule has 0 spiro atoms. The molecule has 3 atom stereocenters. The molecule has 2 aromatic heterocycles. The maximum Gasteiger partial charge on any atom is 0.293 e. The number of ether oxygens (including phenoxy) is 3. The molecule has 17 nitrogen and oxygen atoms in total. The number of aromatic nitrogens is 3. The van der Waals surface area contributed by atoms with E-state index in [1.165, 1.54) is 11.9 Å². The number of methoxy groups -OCH3 is 1. The molecule has 2 aromatic carbocycles. The van der Waals surface area contributed by atoms with Gasteiger partial charge in [-0.1, -0.05) is 17.7 Å². The van der Waals surface area contributed by atoms with Crippen molar-refractivity contribution in [2.45, 2.75) is 108 Å². The normalized spacial score (nSPS) is 23.8. The molecule has 4 amide bonds. The van der Waals surface area contributed by atoms with Crippen molar-refractivity contribution in [3.8, 4) is 5.75 Å². The van der Waals surface area contributed by atoms with Gasteiger partial charge in [0.2, 0.25) is 17.8 Å². The molecule has 0 bridgehead atoms. The van der Waals surface area contributed by atoms with Crippen LogP contribution in [0.4, 0.5) is 21.8 Å². The Bertz CT molecular complexity index is 2620. The minimum atomic E-state index is -0.800. The van der Waals surface area contributed by atoms with Gasteiger partial charge in [-0.3, -0.25) is 34.2 Å². The molecular weight excluding hydrogens is 873 g/mol. The van der Waals surface area contributed by atoms with Crippen LogP contribution in [0.25, 0.3) is 10.9 Å². The number of piperidine rings is 3. The zero-order chi connectivity index (χ0) is 46.4. The third kappa shape index (κ3) is 8.95. The summed E-state index contributed by atoms with van der Waals surface area (Å²) in [5, 5.41) is 9.21. The molecule has 1 saturated carbocycles. The van der Waals surface area contributed by atoms with Gasteiger partial charge < -0.3 is 39.2 Å². The summed E-state index contributed by atoms with van der Waals surface area (Å²) in [5.74, 6) is -1.13. The number of carbonyl (C=O) groups is 4. The van der Waals surface area contributed by atoms with Gasteiger partial charge in [0.15, 0.2) is 18.2 Å². The van der Waals surface area contributed by atoms with Crippen LogP contribution in [0.5, 0.6) is 5.75 Å². The summed E-state index contributed by atoms with van der Waals surface area (Å²) < 4.78 is 36.1. The molecule has 9 rings (SSSR count). The van der Waals surface area contributed by atoms with E-state index in [1.807, 2.05) is 32.0 Å². The van der Waals surface area contributed by atoms with Crippen LogP contribution in [0.3, 0.4) is 0 Å². The lowest BCUT2D eigenvalue weighted by Crippen LogP contribution is -2.55. The summed E-state index contributed by atoms with van der Waals surface area (Å²) in [6.45, 7) is 6.42. The fraction of sp³-hybridized carbons (Fsp3) is 0.511. The Morgan fingerprint density at radius 3 is 2.53 bits per heavy atom. The monoisotopic (exact) mass is 927 g/mol. The molecule has 5 aliphatic rings. The number of halogens is 2. The second-order valence-electron chi connectivity index (χ2n) is 18.1. The van der Waals surface area contributed by atoms with Gasteiger partial charge in [-0.05, 0) is 94.8 Å². The molecule has 3 N–H and O–H groups in total. The predicted octanol–water partition coefficient (Wildman–Crippen LogP) is 4.82. The average Bonchev–Trinajstić information content (AvgIpc) is 3.63. The lowest BCUT2D eigenvalue weighted by Gasteiger charge is -2.48. The number of amides is 4. The molecular formula is C47H55ClFN9O8. The predicted molar refractivity (Wildman–Crippen MR) is 244 cm³/mol. The second kappa shape index (κ2) is 18.9. The first kappa shape index (κ1) is 45.5. The summed E-state index contributed by atoms with van der Waals surface area (Å²) in [7, 11) is 3.17. The molecule has 350 valence electrons. The first-order valence-corrected chi connectivity index (χ1v) is 23.1. The summed E-state index contributed by atoms with van der Waals surface area (Å²) in [6, 6.07) is 10.0. The Balaban J connectivity index is 0.765. The van der Waals surface area contributed by atoms with Crippen molar-refractivity contribution in [2.24, 2.45) is 0 Å². The van der Waals surface area contributed by atoms with Crippen LogP contribution in [-0.2, 0) is 30.4 Å². The van der Waals surface area contributed by atoms with Crippen LogP contribution in [0.1, 0.15) is 92.2 Å². The van der Waals surface area contributed by atoms with E-state index in [2.05, 4.69) is 30.7 Å². The number of benzene rings is 2. The molecule has 66 heavy (non-hydrogen) atoms. The van der Waals surface area contributed by atoms with Gasteiger partial charge in [-0.25, -0.2) is 9.37 Å². The number of hydrogen-bond donors (Lipinski definition) is 3. The topological polar surface area (TPSA) is 190 Å². The van der Waals surface area contributed by atoms with Gasteiger partial charge in [0.1, 0.15) is 16.9 Å².